The molecule has 0 spiro atoms. The predicted octanol–water partition coefficient (Wildman–Crippen LogP) is 5.61. The number of carbonyl (C=O) groups is 2. The maximum Gasteiger partial charge on any atom is 0.224 e. The fourth-order valence-electron chi connectivity index (χ4n) is 4.22. The summed E-state index contributed by atoms with van der Waals surface area (Å²) in [5.41, 5.74) is 2.79. The molecule has 1 aromatic carbocycles. The molecule has 33 heavy (non-hydrogen) atoms. The van der Waals surface area contributed by atoms with E-state index in [1.807, 2.05) is 37.2 Å². The first kappa shape index (κ1) is 27.2. The van der Waals surface area contributed by atoms with Gasteiger partial charge in [-0.3, -0.25) is 9.59 Å². The Labute approximate surface area is 201 Å². The van der Waals surface area contributed by atoms with E-state index in [1.165, 1.54) is 0 Å². The summed E-state index contributed by atoms with van der Waals surface area (Å²) in [5.74, 6) is 0.197. The lowest BCUT2D eigenvalue weighted by atomic mass is 9.91. The zero-order valence-electron chi connectivity index (χ0n) is 21.7. The third kappa shape index (κ3) is 9.75. The summed E-state index contributed by atoms with van der Waals surface area (Å²) in [6, 6.07) is 6.00. The Morgan fingerprint density at radius 2 is 1.91 bits per heavy atom. The van der Waals surface area contributed by atoms with Crippen molar-refractivity contribution >= 4 is 23.2 Å². The number of nitrogens with one attached hydrogen (secondary N) is 1. The third-order valence-corrected chi connectivity index (χ3v) is 5.95. The highest BCUT2D eigenvalue weighted by atomic mass is 16.5. The molecule has 6 heteroatoms. The second kappa shape index (κ2) is 13.0. The summed E-state index contributed by atoms with van der Waals surface area (Å²) in [4.78, 5) is 29.7. The minimum atomic E-state index is -0.0795. The summed E-state index contributed by atoms with van der Waals surface area (Å²) in [5, 5.41) is 3.05. The molecule has 6 nitrogen and oxygen atoms in total. The Balaban J connectivity index is 2.18. The third-order valence-electron chi connectivity index (χ3n) is 5.95. The molecule has 0 bridgehead atoms. The van der Waals surface area contributed by atoms with Crippen LogP contribution in [0.3, 0.4) is 0 Å². The Morgan fingerprint density at radius 3 is 2.52 bits per heavy atom. The molecular formula is C27H45N3O3. The standard InChI is InChI=1S/C27H45N3O3/c1-7-8-9-10-13-25(31)28-22-14-15-24(29(5)6)21(17-22)19-30(20-23-12-11-16-33-23)26(32)18-27(2,3)4/h14-15,17,23H,7-13,16,18-20H2,1-6H3,(H,28,31)/t23-/m0/s1. The normalized spacial score (nSPS) is 16.0. The van der Waals surface area contributed by atoms with Crippen LogP contribution in [0.2, 0.25) is 0 Å². The first-order valence-corrected chi connectivity index (χ1v) is 12.6. The number of hydrogen-bond acceptors (Lipinski definition) is 4. The second-order valence-electron chi connectivity index (χ2n) is 10.7. The van der Waals surface area contributed by atoms with Crippen LogP contribution in [0.25, 0.3) is 0 Å². The predicted molar refractivity (Wildman–Crippen MR) is 137 cm³/mol. The van der Waals surface area contributed by atoms with E-state index in [-0.39, 0.29) is 23.3 Å². The van der Waals surface area contributed by atoms with Crippen molar-refractivity contribution in [2.75, 3.05) is 37.5 Å². The van der Waals surface area contributed by atoms with Crippen LogP contribution in [0.4, 0.5) is 11.4 Å². The van der Waals surface area contributed by atoms with Crippen LogP contribution in [0.1, 0.15) is 84.6 Å². The van der Waals surface area contributed by atoms with E-state index >= 15 is 0 Å². The van der Waals surface area contributed by atoms with Crippen LogP contribution in [-0.4, -0.2) is 50.1 Å². The van der Waals surface area contributed by atoms with Gasteiger partial charge < -0.3 is 19.9 Å². The molecule has 2 rings (SSSR count). The van der Waals surface area contributed by atoms with Crippen molar-refractivity contribution < 1.29 is 14.3 Å². The summed E-state index contributed by atoms with van der Waals surface area (Å²) in [7, 11) is 4.01. The van der Waals surface area contributed by atoms with Crippen LogP contribution in [0, 0.1) is 5.41 Å². The van der Waals surface area contributed by atoms with Crippen molar-refractivity contribution in [1.82, 2.24) is 4.90 Å². The van der Waals surface area contributed by atoms with E-state index in [2.05, 4.69) is 37.9 Å². The summed E-state index contributed by atoms with van der Waals surface area (Å²) in [6.07, 6.45) is 7.50. The monoisotopic (exact) mass is 459 g/mol. The minimum Gasteiger partial charge on any atom is -0.377 e. The van der Waals surface area contributed by atoms with Crippen molar-refractivity contribution in [1.29, 1.82) is 0 Å². The van der Waals surface area contributed by atoms with Crippen molar-refractivity contribution in [2.24, 2.45) is 5.41 Å². The average Bonchev–Trinajstić information content (AvgIpc) is 3.22. The van der Waals surface area contributed by atoms with Crippen molar-refractivity contribution in [3.05, 3.63) is 23.8 Å². The van der Waals surface area contributed by atoms with Gasteiger partial charge in [0.25, 0.3) is 0 Å². The average molecular weight is 460 g/mol. The second-order valence-corrected chi connectivity index (χ2v) is 10.7. The summed E-state index contributed by atoms with van der Waals surface area (Å²) in [6.45, 7) is 10.3. The van der Waals surface area contributed by atoms with Crippen molar-refractivity contribution in [2.45, 2.75) is 91.7 Å². The first-order valence-electron chi connectivity index (χ1n) is 12.6. The topological polar surface area (TPSA) is 61.9 Å². The van der Waals surface area contributed by atoms with Gasteiger partial charge in [0.05, 0.1) is 6.10 Å². The van der Waals surface area contributed by atoms with Crippen LogP contribution < -0.4 is 10.2 Å². The zero-order valence-corrected chi connectivity index (χ0v) is 21.7. The number of ether oxygens (including phenoxy) is 1. The molecule has 0 saturated carbocycles. The van der Waals surface area contributed by atoms with Gasteiger partial charge >= 0.3 is 0 Å². The molecule has 2 amide bonds. The lowest BCUT2D eigenvalue weighted by Gasteiger charge is -2.30. The fourth-order valence-corrected chi connectivity index (χ4v) is 4.22. The fraction of sp³-hybridized carbons (Fsp3) is 0.704. The number of carbonyl (C=O) groups excluding carboxylic acids is 2. The zero-order chi connectivity index (χ0) is 24.4. The summed E-state index contributed by atoms with van der Waals surface area (Å²) < 4.78 is 5.85. The SMILES string of the molecule is CCCCCCC(=O)Nc1ccc(N(C)C)c(CN(C[C@@H]2CCCO2)C(=O)CC(C)(C)C)c1. The van der Waals surface area contributed by atoms with Crippen molar-refractivity contribution in [3.8, 4) is 0 Å². The molecule has 1 aromatic rings. The molecule has 1 fully saturated rings. The van der Waals surface area contributed by atoms with E-state index in [0.717, 1.165) is 62.1 Å². The lowest BCUT2D eigenvalue weighted by molar-refractivity contribution is -0.135. The van der Waals surface area contributed by atoms with Crippen LogP contribution in [0.5, 0.6) is 0 Å². The van der Waals surface area contributed by atoms with E-state index < -0.39 is 0 Å². The molecule has 1 N–H and O–H groups in total. The lowest BCUT2D eigenvalue weighted by Crippen LogP contribution is -2.38. The molecule has 1 aliphatic rings. The smallest absolute Gasteiger partial charge is 0.224 e. The van der Waals surface area contributed by atoms with Crippen LogP contribution in [0.15, 0.2) is 18.2 Å². The molecule has 1 saturated heterocycles. The first-order chi connectivity index (χ1) is 15.6. The van der Waals surface area contributed by atoms with Gasteiger partial charge in [0, 0.05) is 58.0 Å². The molecule has 0 radical (unpaired) electrons. The molecule has 1 atom stereocenters. The highest BCUT2D eigenvalue weighted by Crippen LogP contribution is 2.27. The highest BCUT2D eigenvalue weighted by molar-refractivity contribution is 5.91. The molecule has 1 heterocycles. The number of benzene rings is 1. The van der Waals surface area contributed by atoms with Gasteiger partial charge in [0.1, 0.15) is 0 Å². The van der Waals surface area contributed by atoms with Crippen molar-refractivity contribution in [3.63, 3.8) is 0 Å². The quantitative estimate of drug-likeness (QED) is 0.413. The number of anilines is 2. The minimum absolute atomic E-state index is 0.0506. The molecule has 0 aromatic heterocycles. The molecule has 0 aliphatic carbocycles. The number of hydrogen-bond donors (Lipinski definition) is 1. The maximum absolute atomic E-state index is 13.3. The molecule has 186 valence electrons. The molecule has 1 aliphatic heterocycles. The number of nitrogens with zero attached hydrogens (tertiary/aromatic N) is 2. The van der Waals surface area contributed by atoms with E-state index in [1.54, 1.807) is 0 Å². The van der Waals surface area contributed by atoms with Crippen LogP contribution in [-0.2, 0) is 20.9 Å². The maximum atomic E-state index is 13.3. The van der Waals surface area contributed by atoms with Gasteiger partial charge in [-0.15, -0.1) is 0 Å². The Kier molecular flexibility index (Phi) is 10.7. The van der Waals surface area contributed by atoms with E-state index in [9.17, 15) is 9.59 Å². The van der Waals surface area contributed by atoms with E-state index in [0.29, 0.717) is 25.9 Å². The Hall–Kier alpha value is -2.08. The van der Waals surface area contributed by atoms with Gasteiger partial charge in [0.2, 0.25) is 11.8 Å². The summed E-state index contributed by atoms with van der Waals surface area (Å²) >= 11 is 0. The Bertz CT molecular complexity index is 764. The number of unbranched alkanes of at least 4 members (excludes halogenated alkanes) is 3. The number of rotatable bonds is 12. The van der Waals surface area contributed by atoms with Gasteiger partial charge in [-0.25, -0.2) is 0 Å². The van der Waals surface area contributed by atoms with Gasteiger partial charge in [-0.05, 0) is 48.4 Å². The Morgan fingerprint density at radius 1 is 1.15 bits per heavy atom. The van der Waals surface area contributed by atoms with Crippen LogP contribution >= 0.6 is 0 Å². The molecule has 0 unspecified atom stereocenters. The van der Waals surface area contributed by atoms with Gasteiger partial charge in [0.15, 0.2) is 0 Å². The van der Waals surface area contributed by atoms with Gasteiger partial charge in [-0.2, -0.15) is 0 Å². The molecular weight excluding hydrogens is 414 g/mol. The number of amides is 2. The van der Waals surface area contributed by atoms with E-state index in [4.69, 9.17) is 4.74 Å². The highest BCUT2D eigenvalue weighted by Gasteiger charge is 2.26. The van der Waals surface area contributed by atoms with Gasteiger partial charge in [-0.1, -0.05) is 47.0 Å². The largest absolute Gasteiger partial charge is 0.377 e.